The molecular weight excluding hydrogens is 284 g/mol. The Labute approximate surface area is 118 Å². The summed E-state index contributed by atoms with van der Waals surface area (Å²) in [5, 5.41) is 3.96. The molecule has 2 aliphatic carbocycles. The highest BCUT2D eigenvalue weighted by Crippen LogP contribution is 2.26. The summed E-state index contributed by atoms with van der Waals surface area (Å²) in [6.07, 6.45) is 4.25. The molecule has 4 nitrogen and oxygen atoms in total. The maximum Gasteiger partial charge on any atom is 0.240 e. The van der Waals surface area contributed by atoms with E-state index in [0.717, 1.165) is 18.4 Å². The van der Waals surface area contributed by atoms with Crippen LogP contribution in [-0.4, -0.2) is 20.5 Å². The Morgan fingerprint density at radius 2 is 1.84 bits per heavy atom. The SMILES string of the molecule is O=S(=O)(NC1CC1)c1ccc(Cl)c(CNC2CC2)c1. The Bertz CT molecular complexity index is 580. The minimum Gasteiger partial charge on any atom is -0.310 e. The van der Waals surface area contributed by atoms with Crippen molar-refractivity contribution in [2.45, 2.75) is 49.2 Å². The lowest BCUT2D eigenvalue weighted by molar-refractivity contribution is 0.580. The summed E-state index contributed by atoms with van der Waals surface area (Å²) in [4.78, 5) is 0.302. The van der Waals surface area contributed by atoms with E-state index < -0.39 is 10.0 Å². The number of hydrogen-bond donors (Lipinski definition) is 2. The summed E-state index contributed by atoms with van der Waals surface area (Å²) in [5.41, 5.74) is 0.840. The van der Waals surface area contributed by atoms with Crippen LogP contribution < -0.4 is 10.0 Å². The maximum atomic E-state index is 12.1. The summed E-state index contributed by atoms with van der Waals surface area (Å²) in [7, 11) is -3.40. The Morgan fingerprint density at radius 1 is 1.16 bits per heavy atom. The normalized spacial score (nSPS) is 19.6. The predicted molar refractivity (Wildman–Crippen MR) is 74.7 cm³/mol. The third-order valence-corrected chi connectivity index (χ3v) is 5.27. The molecule has 2 N–H and O–H groups in total. The third-order valence-electron chi connectivity index (χ3n) is 3.39. The van der Waals surface area contributed by atoms with E-state index >= 15 is 0 Å². The average molecular weight is 301 g/mol. The van der Waals surface area contributed by atoms with Crippen molar-refractivity contribution in [2.75, 3.05) is 0 Å². The van der Waals surface area contributed by atoms with Gasteiger partial charge in [0.25, 0.3) is 0 Å². The molecule has 0 amide bonds. The van der Waals surface area contributed by atoms with Gasteiger partial charge in [-0.15, -0.1) is 0 Å². The number of rotatable bonds is 6. The van der Waals surface area contributed by atoms with Crippen LogP contribution in [0, 0.1) is 0 Å². The summed E-state index contributed by atoms with van der Waals surface area (Å²) in [6, 6.07) is 5.58. The number of benzene rings is 1. The molecule has 6 heteroatoms. The lowest BCUT2D eigenvalue weighted by atomic mass is 10.2. The fourth-order valence-corrected chi connectivity index (χ4v) is 3.42. The van der Waals surface area contributed by atoms with E-state index in [1.54, 1.807) is 18.2 Å². The molecule has 0 bridgehead atoms. The van der Waals surface area contributed by atoms with Crippen LogP contribution >= 0.6 is 11.6 Å². The molecule has 0 saturated heterocycles. The van der Waals surface area contributed by atoms with Crippen LogP contribution in [0.1, 0.15) is 31.2 Å². The van der Waals surface area contributed by atoms with E-state index in [4.69, 9.17) is 11.6 Å². The molecule has 0 radical (unpaired) electrons. The smallest absolute Gasteiger partial charge is 0.240 e. The summed E-state index contributed by atoms with van der Waals surface area (Å²) >= 11 is 6.11. The molecule has 0 unspecified atom stereocenters. The molecule has 1 aromatic carbocycles. The van der Waals surface area contributed by atoms with Gasteiger partial charge in [0.2, 0.25) is 10.0 Å². The first kappa shape index (κ1) is 13.4. The summed E-state index contributed by atoms with van der Waals surface area (Å²) < 4.78 is 26.9. The molecule has 3 rings (SSSR count). The Hall–Kier alpha value is -0.620. The first-order valence-corrected chi connectivity index (χ1v) is 8.45. The molecule has 19 heavy (non-hydrogen) atoms. The second-order valence-electron chi connectivity index (χ2n) is 5.30. The number of hydrogen-bond acceptors (Lipinski definition) is 3. The van der Waals surface area contributed by atoms with Crippen LogP contribution in [-0.2, 0) is 16.6 Å². The van der Waals surface area contributed by atoms with Crippen LogP contribution in [0.25, 0.3) is 0 Å². The molecule has 1 aromatic rings. The van der Waals surface area contributed by atoms with Gasteiger partial charge in [-0.05, 0) is 49.4 Å². The minimum absolute atomic E-state index is 0.119. The maximum absolute atomic E-state index is 12.1. The van der Waals surface area contributed by atoms with Crippen molar-refractivity contribution in [3.05, 3.63) is 28.8 Å². The zero-order chi connectivity index (χ0) is 13.5. The molecule has 104 valence electrons. The van der Waals surface area contributed by atoms with E-state index in [-0.39, 0.29) is 6.04 Å². The quantitative estimate of drug-likeness (QED) is 0.845. The third kappa shape index (κ3) is 3.48. The van der Waals surface area contributed by atoms with Gasteiger partial charge in [-0.3, -0.25) is 0 Å². The molecular formula is C13H17ClN2O2S. The second-order valence-corrected chi connectivity index (χ2v) is 7.43. The Morgan fingerprint density at radius 3 is 2.47 bits per heavy atom. The largest absolute Gasteiger partial charge is 0.310 e. The number of nitrogens with one attached hydrogen (secondary N) is 2. The van der Waals surface area contributed by atoms with Gasteiger partial charge in [-0.2, -0.15) is 0 Å². The van der Waals surface area contributed by atoms with Crippen LogP contribution in [0.5, 0.6) is 0 Å². The zero-order valence-electron chi connectivity index (χ0n) is 10.5. The summed E-state index contributed by atoms with van der Waals surface area (Å²) in [6.45, 7) is 0.621. The van der Waals surface area contributed by atoms with Crippen molar-refractivity contribution >= 4 is 21.6 Å². The Balaban J connectivity index is 1.78. The van der Waals surface area contributed by atoms with Gasteiger partial charge >= 0.3 is 0 Å². The van der Waals surface area contributed by atoms with Crippen molar-refractivity contribution in [3.8, 4) is 0 Å². The highest BCUT2D eigenvalue weighted by atomic mass is 35.5. The second kappa shape index (κ2) is 5.05. The molecule has 0 spiro atoms. The zero-order valence-corrected chi connectivity index (χ0v) is 12.1. The van der Waals surface area contributed by atoms with Gasteiger partial charge in [0.05, 0.1) is 4.90 Å². The summed E-state index contributed by atoms with van der Waals surface area (Å²) in [5.74, 6) is 0. The van der Waals surface area contributed by atoms with Gasteiger partial charge in [-0.1, -0.05) is 11.6 Å². The number of sulfonamides is 1. The van der Waals surface area contributed by atoms with Gasteiger partial charge in [-0.25, -0.2) is 13.1 Å². The molecule has 0 heterocycles. The lowest BCUT2D eigenvalue weighted by Crippen LogP contribution is -2.26. The first-order valence-electron chi connectivity index (χ1n) is 6.59. The predicted octanol–water partition coefficient (Wildman–Crippen LogP) is 2.03. The van der Waals surface area contributed by atoms with Crippen molar-refractivity contribution in [2.24, 2.45) is 0 Å². The van der Waals surface area contributed by atoms with E-state index in [0.29, 0.717) is 22.5 Å². The van der Waals surface area contributed by atoms with Crippen LogP contribution in [0.15, 0.2) is 23.1 Å². The van der Waals surface area contributed by atoms with Crippen molar-refractivity contribution in [1.82, 2.24) is 10.0 Å². The highest BCUT2D eigenvalue weighted by molar-refractivity contribution is 7.89. The van der Waals surface area contributed by atoms with Crippen molar-refractivity contribution in [3.63, 3.8) is 0 Å². The van der Waals surface area contributed by atoms with Crippen LogP contribution in [0.4, 0.5) is 0 Å². The van der Waals surface area contributed by atoms with Gasteiger partial charge in [0.15, 0.2) is 0 Å². The van der Waals surface area contributed by atoms with E-state index in [1.165, 1.54) is 12.8 Å². The molecule has 2 fully saturated rings. The Kier molecular flexibility index (Phi) is 3.55. The van der Waals surface area contributed by atoms with Gasteiger partial charge < -0.3 is 5.32 Å². The fraction of sp³-hybridized carbons (Fsp3) is 0.538. The molecule has 0 aromatic heterocycles. The van der Waals surface area contributed by atoms with Crippen LogP contribution in [0.3, 0.4) is 0 Å². The fourth-order valence-electron chi connectivity index (χ4n) is 1.88. The topological polar surface area (TPSA) is 58.2 Å². The monoisotopic (exact) mass is 300 g/mol. The van der Waals surface area contributed by atoms with Crippen LogP contribution in [0.2, 0.25) is 5.02 Å². The molecule has 2 aliphatic rings. The lowest BCUT2D eigenvalue weighted by Gasteiger charge is -2.10. The van der Waals surface area contributed by atoms with E-state index in [1.807, 2.05) is 0 Å². The van der Waals surface area contributed by atoms with Gasteiger partial charge in [0, 0.05) is 23.7 Å². The highest BCUT2D eigenvalue weighted by Gasteiger charge is 2.28. The minimum atomic E-state index is -3.40. The van der Waals surface area contributed by atoms with E-state index in [2.05, 4.69) is 10.0 Å². The molecule has 0 aliphatic heterocycles. The van der Waals surface area contributed by atoms with Crippen molar-refractivity contribution < 1.29 is 8.42 Å². The number of halogens is 1. The van der Waals surface area contributed by atoms with E-state index in [9.17, 15) is 8.42 Å². The van der Waals surface area contributed by atoms with Gasteiger partial charge in [0.1, 0.15) is 0 Å². The first-order chi connectivity index (χ1) is 9.04. The molecule has 2 saturated carbocycles. The average Bonchev–Trinajstić information content (AvgIpc) is 3.22. The van der Waals surface area contributed by atoms with Crippen molar-refractivity contribution in [1.29, 1.82) is 0 Å². The standard InChI is InChI=1S/C13H17ClN2O2S/c14-13-6-5-12(19(17,18)16-11-3-4-11)7-9(13)8-15-10-1-2-10/h5-7,10-11,15-16H,1-4,8H2. The molecule has 0 atom stereocenters.